The number of hydrogen-bond donors (Lipinski definition) is 1. The van der Waals surface area contributed by atoms with E-state index in [1.165, 1.54) is 13.0 Å². The van der Waals surface area contributed by atoms with Gasteiger partial charge in [-0.05, 0) is 31.8 Å². The van der Waals surface area contributed by atoms with E-state index in [4.69, 9.17) is 0 Å². The van der Waals surface area contributed by atoms with Crippen molar-refractivity contribution in [2.24, 2.45) is 11.3 Å². The van der Waals surface area contributed by atoms with Crippen LogP contribution in [0.5, 0.6) is 0 Å². The van der Waals surface area contributed by atoms with Gasteiger partial charge in [-0.1, -0.05) is 20.8 Å². The van der Waals surface area contributed by atoms with Crippen LogP contribution in [0, 0.1) is 11.3 Å². The number of carbonyl (C=O) groups is 1. The maximum absolute atomic E-state index is 12.9. The van der Waals surface area contributed by atoms with E-state index in [1.54, 1.807) is 0 Å². The fraction of sp³-hybridized carbons (Fsp3) is 0.933. The van der Waals surface area contributed by atoms with Gasteiger partial charge in [0.15, 0.2) is 0 Å². The van der Waals surface area contributed by atoms with E-state index in [1.807, 2.05) is 0 Å². The van der Waals surface area contributed by atoms with Gasteiger partial charge in [-0.2, -0.15) is 0 Å². The van der Waals surface area contributed by atoms with Gasteiger partial charge in [0.25, 0.3) is 0 Å². The smallest absolute Gasteiger partial charge is 0.230 e. The molecule has 0 radical (unpaired) electrons. The molecule has 0 saturated carbocycles. The third-order valence-electron chi connectivity index (χ3n) is 4.92. The average molecular weight is 267 g/mol. The van der Waals surface area contributed by atoms with Crippen molar-refractivity contribution in [3.8, 4) is 0 Å². The molecular weight excluding hydrogens is 238 g/mol. The summed E-state index contributed by atoms with van der Waals surface area (Å²) in [7, 11) is 0. The number of hydrogen-bond acceptors (Lipinski definition) is 3. The van der Waals surface area contributed by atoms with Crippen LogP contribution in [0.1, 0.15) is 33.6 Å². The molecule has 2 saturated heterocycles. The van der Waals surface area contributed by atoms with Gasteiger partial charge in [-0.25, -0.2) is 0 Å². The molecule has 0 aromatic heterocycles. The monoisotopic (exact) mass is 267 g/mol. The highest BCUT2D eigenvalue weighted by Gasteiger charge is 2.46. The molecule has 0 bridgehead atoms. The van der Waals surface area contributed by atoms with Crippen molar-refractivity contribution < 1.29 is 4.79 Å². The molecule has 1 N–H and O–H groups in total. The van der Waals surface area contributed by atoms with E-state index >= 15 is 0 Å². The minimum Gasteiger partial charge on any atom is -0.340 e. The van der Waals surface area contributed by atoms with Crippen molar-refractivity contribution in [3.05, 3.63) is 0 Å². The van der Waals surface area contributed by atoms with E-state index in [-0.39, 0.29) is 5.41 Å². The van der Waals surface area contributed by atoms with Crippen molar-refractivity contribution >= 4 is 5.91 Å². The Labute approximate surface area is 117 Å². The molecule has 0 aliphatic carbocycles. The van der Waals surface area contributed by atoms with Crippen LogP contribution < -0.4 is 5.32 Å². The lowest BCUT2D eigenvalue weighted by Crippen LogP contribution is -2.55. The van der Waals surface area contributed by atoms with Crippen molar-refractivity contribution in [1.29, 1.82) is 0 Å². The first-order chi connectivity index (χ1) is 9.10. The lowest BCUT2D eigenvalue weighted by Gasteiger charge is -2.41. The van der Waals surface area contributed by atoms with Crippen molar-refractivity contribution in [3.63, 3.8) is 0 Å². The van der Waals surface area contributed by atoms with Gasteiger partial charge in [-0.3, -0.25) is 9.69 Å². The van der Waals surface area contributed by atoms with Gasteiger partial charge in [-0.15, -0.1) is 0 Å². The first kappa shape index (κ1) is 14.8. The average Bonchev–Trinajstić information content (AvgIpc) is 2.90. The summed E-state index contributed by atoms with van der Waals surface area (Å²) in [5, 5.41) is 3.39. The highest BCUT2D eigenvalue weighted by atomic mass is 16.2. The standard InChI is InChI=1S/C15H29N3O/c1-4-7-17-8-10-18(11-9-17)14(19)15(13(2)3)5-6-16-12-15/h13,16H,4-12H2,1-3H3. The number of carbonyl (C=O) groups excluding carboxylic acids is 1. The zero-order valence-corrected chi connectivity index (χ0v) is 12.7. The summed E-state index contributed by atoms with van der Waals surface area (Å²) in [6.07, 6.45) is 2.20. The molecule has 4 heteroatoms. The molecule has 4 nitrogen and oxygen atoms in total. The normalized spacial score (nSPS) is 29.2. The fourth-order valence-electron chi connectivity index (χ4n) is 3.44. The highest BCUT2D eigenvalue weighted by molar-refractivity contribution is 5.84. The van der Waals surface area contributed by atoms with Gasteiger partial charge in [0, 0.05) is 32.7 Å². The topological polar surface area (TPSA) is 35.6 Å². The molecule has 1 atom stereocenters. The van der Waals surface area contributed by atoms with Gasteiger partial charge < -0.3 is 10.2 Å². The molecule has 2 heterocycles. The Morgan fingerprint density at radius 3 is 2.42 bits per heavy atom. The minimum atomic E-state index is -0.146. The summed E-state index contributed by atoms with van der Waals surface area (Å²) in [6.45, 7) is 13.5. The van der Waals surface area contributed by atoms with Crippen molar-refractivity contribution in [2.75, 3.05) is 45.8 Å². The van der Waals surface area contributed by atoms with Crippen molar-refractivity contribution in [2.45, 2.75) is 33.6 Å². The molecule has 0 spiro atoms. The Hall–Kier alpha value is -0.610. The summed E-state index contributed by atoms with van der Waals surface area (Å²) in [5.74, 6) is 0.812. The minimum absolute atomic E-state index is 0.146. The molecule has 2 aliphatic heterocycles. The molecule has 0 aromatic carbocycles. The van der Waals surface area contributed by atoms with Crippen LogP contribution >= 0.6 is 0 Å². The Balaban J connectivity index is 1.96. The summed E-state index contributed by atoms with van der Waals surface area (Å²) in [5.41, 5.74) is -0.146. The summed E-state index contributed by atoms with van der Waals surface area (Å²) in [6, 6.07) is 0. The van der Waals surface area contributed by atoms with E-state index in [2.05, 4.69) is 35.9 Å². The van der Waals surface area contributed by atoms with Crippen LogP contribution in [0.3, 0.4) is 0 Å². The summed E-state index contributed by atoms with van der Waals surface area (Å²) in [4.78, 5) is 17.5. The Kier molecular flexibility index (Phi) is 4.85. The molecule has 2 rings (SSSR count). The van der Waals surface area contributed by atoms with Crippen LogP contribution in [0.4, 0.5) is 0 Å². The third-order valence-corrected chi connectivity index (χ3v) is 4.92. The highest BCUT2D eigenvalue weighted by Crippen LogP contribution is 2.36. The van der Waals surface area contributed by atoms with Crippen LogP contribution in [0.2, 0.25) is 0 Å². The zero-order chi connectivity index (χ0) is 13.9. The van der Waals surface area contributed by atoms with E-state index in [0.717, 1.165) is 45.7 Å². The Morgan fingerprint density at radius 1 is 1.26 bits per heavy atom. The molecule has 2 fully saturated rings. The van der Waals surface area contributed by atoms with E-state index in [9.17, 15) is 4.79 Å². The van der Waals surface area contributed by atoms with E-state index < -0.39 is 0 Å². The quantitative estimate of drug-likeness (QED) is 0.831. The zero-order valence-electron chi connectivity index (χ0n) is 12.7. The lowest BCUT2D eigenvalue weighted by atomic mass is 9.75. The predicted octanol–water partition coefficient (Wildman–Crippen LogP) is 1.18. The number of rotatable bonds is 4. The first-order valence-electron chi connectivity index (χ1n) is 7.82. The fourth-order valence-corrected chi connectivity index (χ4v) is 3.44. The van der Waals surface area contributed by atoms with E-state index in [0.29, 0.717) is 11.8 Å². The van der Waals surface area contributed by atoms with Gasteiger partial charge in [0.2, 0.25) is 5.91 Å². The van der Waals surface area contributed by atoms with Gasteiger partial charge in [0.1, 0.15) is 0 Å². The molecule has 1 unspecified atom stereocenters. The molecule has 2 aliphatic rings. The molecule has 19 heavy (non-hydrogen) atoms. The van der Waals surface area contributed by atoms with Crippen molar-refractivity contribution in [1.82, 2.24) is 15.1 Å². The first-order valence-corrected chi connectivity index (χ1v) is 7.82. The SMILES string of the molecule is CCCN1CCN(C(=O)C2(C(C)C)CCNC2)CC1. The second kappa shape index (κ2) is 6.23. The van der Waals surface area contributed by atoms with Gasteiger partial charge >= 0.3 is 0 Å². The summed E-state index contributed by atoms with van der Waals surface area (Å²) >= 11 is 0. The second-order valence-corrected chi connectivity index (χ2v) is 6.37. The predicted molar refractivity (Wildman–Crippen MR) is 78.1 cm³/mol. The maximum Gasteiger partial charge on any atom is 0.230 e. The van der Waals surface area contributed by atoms with Crippen LogP contribution in [-0.4, -0.2) is 61.5 Å². The second-order valence-electron chi connectivity index (χ2n) is 6.37. The molecular formula is C15H29N3O. The number of nitrogens with one attached hydrogen (secondary N) is 1. The largest absolute Gasteiger partial charge is 0.340 e. The molecule has 0 aromatic rings. The maximum atomic E-state index is 12.9. The third kappa shape index (κ3) is 2.95. The Bertz CT molecular complexity index is 303. The van der Waals surface area contributed by atoms with Crippen LogP contribution in [-0.2, 0) is 4.79 Å². The molecule has 110 valence electrons. The van der Waals surface area contributed by atoms with Gasteiger partial charge in [0.05, 0.1) is 5.41 Å². The summed E-state index contributed by atoms with van der Waals surface area (Å²) < 4.78 is 0. The lowest BCUT2D eigenvalue weighted by molar-refractivity contribution is -0.145. The van der Waals surface area contributed by atoms with Crippen LogP contribution in [0.25, 0.3) is 0 Å². The number of nitrogens with zero attached hydrogens (tertiary/aromatic N) is 2. The molecule has 1 amide bonds. The number of amides is 1. The van der Waals surface area contributed by atoms with Crippen LogP contribution in [0.15, 0.2) is 0 Å². The number of piperazine rings is 1. The Morgan fingerprint density at radius 2 is 1.95 bits per heavy atom.